The van der Waals surface area contributed by atoms with Crippen molar-refractivity contribution in [1.82, 2.24) is 4.83 Å². The number of aryl methyl sites for hydroxylation is 1. The highest BCUT2D eigenvalue weighted by Crippen LogP contribution is 2.13. The molecule has 0 aromatic heterocycles. The molecule has 0 aliphatic heterocycles. The van der Waals surface area contributed by atoms with E-state index in [1.165, 1.54) is 38.3 Å². The van der Waals surface area contributed by atoms with Crippen LogP contribution in [-0.2, 0) is 10.0 Å². The lowest BCUT2D eigenvalue weighted by molar-refractivity contribution is 0.304. The highest BCUT2D eigenvalue weighted by Gasteiger charge is 2.11. The number of hydrogen-bond donors (Lipinski definition) is 1. The molecule has 0 saturated heterocycles. The first-order valence-electron chi connectivity index (χ1n) is 9.85. The zero-order valence-corrected chi connectivity index (χ0v) is 17.5. The van der Waals surface area contributed by atoms with Crippen LogP contribution in [0.4, 0.5) is 0 Å². The molecule has 2 rings (SSSR count). The molecule has 0 atom stereocenters. The quantitative estimate of drug-likeness (QED) is 0.307. The number of sulfonamides is 1. The Morgan fingerprint density at radius 1 is 0.929 bits per heavy atom. The van der Waals surface area contributed by atoms with E-state index in [-0.39, 0.29) is 4.90 Å². The van der Waals surface area contributed by atoms with Gasteiger partial charge in [-0.3, -0.25) is 0 Å². The first kappa shape index (κ1) is 22.0. The van der Waals surface area contributed by atoms with E-state index >= 15 is 0 Å². The van der Waals surface area contributed by atoms with Crippen LogP contribution in [0.5, 0.6) is 5.75 Å². The molecular formula is C22H30N2O3S. The Morgan fingerprint density at radius 2 is 1.57 bits per heavy atom. The van der Waals surface area contributed by atoms with Gasteiger partial charge in [0.05, 0.1) is 17.7 Å². The van der Waals surface area contributed by atoms with Gasteiger partial charge in [0.1, 0.15) is 5.75 Å². The molecule has 0 fully saturated rings. The molecule has 28 heavy (non-hydrogen) atoms. The number of hydrogen-bond acceptors (Lipinski definition) is 4. The van der Waals surface area contributed by atoms with E-state index in [9.17, 15) is 8.42 Å². The summed E-state index contributed by atoms with van der Waals surface area (Å²) in [4.78, 5) is 2.42. The molecule has 0 bridgehead atoms. The van der Waals surface area contributed by atoms with Crippen LogP contribution < -0.4 is 9.57 Å². The van der Waals surface area contributed by atoms with E-state index in [0.717, 1.165) is 29.9 Å². The van der Waals surface area contributed by atoms with Crippen molar-refractivity contribution in [1.29, 1.82) is 0 Å². The Labute approximate surface area is 168 Å². The molecule has 1 N–H and O–H groups in total. The minimum absolute atomic E-state index is 0.189. The highest BCUT2D eigenvalue weighted by atomic mass is 32.2. The average molecular weight is 403 g/mol. The Kier molecular flexibility index (Phi) is 9.01. The fourth-order valence-corrected chi connectivity index (χ4v) is 3.45. The highest BCUT2D eigenvalue weighted by molar-refractivity contribution is 7.89. The summed E-state index contributed by atoms with van der Waals surface area (Å²) in [6, 6.07) is 14.1. The van der Waals surface area contributed by atoms with Crippen LogP contribution in [-0.4, -0.2) is 21.2 Å². The first-order valence-corrected chi connectivity index (χ1v) is 11.3. The minimum atomic E-state index is -3.65. The third kappa shape index (κ3) is 7.72. The molecule has 0 saturated carbocycles. The zero-order valence-electron chi connectivity index (χ0n) is 16.7. The van der Waals surface area contributed by atoms with Crippen LogP contribution in [0.3, 0.4) is 0 Å². The van der Waals surface area contributed by atoms with Gasteiger partial charge in [-0.15, -0.1) is 0 Å². The van der Waals surface area contributed by atoms with Gasteiger partial charge in [-0.1, -0.05) is 56.7 Å². The van der Waals surface area contributed by atoms with E-state index < -0.39 is 10.0 Å². The van der Waals surface area contributed by atoms with Gasteiger partial charge in [0.25, 0.3) is 10.0 Å². The number of rotatable bonds is 12. The Hall–Kier alpha value is -2.34. The molecule has 152 valence electrons. The summed E-state index contributed by atoms with van der Waals surface area (Å²) in [7, 11) is -3.65. The maximum atomic E-state index is 12.2. The van der Waals surface area contributed by atoms with Crippen molar-refractivity contribution in [2.75, 3.05) is 6.61 Å². The van der Waals surface area contributed by atoms with Gasteiger partial charge in [0, 0.05) is 0 Å². The topological polar surface area (TPSA) is 67.8 Å². The predicted octanol–water partition coefficient (Wildman–Crippen LogP) is 5.05. The smallest absolute Gasteiger partial charge is 0.276 e. The first-order chi connectivity index (χ1) is 13.5. The standard InChI is InChI=1S/C22H30N2O3S/c1-3-4-5-6-7-8-17-27-21-13-11-20(12-14-21)18-23-24-28(25,26)22-15-9-19(2)10-16-22/h9-16,18,24H,3-8,17H2,1-2H3/b23-18-. The summed E-state index contributed by atoms with van der Waals surface area (Å²) in [5.74, 6) is 0.811. The fourth-order valence-electron chi connectivity index (χ4n) is 2.66. The number of nitrogens with one attached hydrogen (secondary N) is 1. The van der Waals surface area contributed by atoms with Crippen LogP contribution in [0, 0.1) is 6.92 Å². The second kappa shape index (κ2) is 11.5. The number of nitrogens with zero attached hydrogens (tertiary/aromatic N) is 1. The Balaban J connectivity index is 1.76. The van der Waals surface area contributed by atoms with Gasteiger partial charge in [0.15, 0.2) is 0 Å². The van der Waals surface area contributed by atoms with Crippen LogP contribution in [0.1, 0.15) is 56.6 Å². The van der Waals surface area contributed by atoms with E-state index in [1.54, 1.807) is 24.3 Å². The largest absolute Gasteiger partial charge is 0.494 e. The van der Waals surface area contributed by atoms with Gasteiger partial charge in [-0.05, 0) is 55.3 Å². The maximum Gasteiger partial charge on any atom is 0.276 e. The zero-order chi connectivity index (χ0) is 20.2. The van der Waals surface area contributed by atoms with Gasteiger partial charge >= 0.3 is 0 Å². The van der Waals surface area contributed by atoms with Crippen LogP contribution in [0.25, 0.3) is 0 Å². The number of ether oxygens (including phenoxy) is 1. The lowest BCUT2D eigenvalue weighted by atomic mass is 10.1. The third-order valence-corrected chi connectivity index (χ3v) is 5.60. The molecule has 0 heterocycles. The summed E-state index contributed by atoms with van der Waals surface area (Å²) in [6.07, 6.45) is 8.89. The average Bonchev–Trinajstić information content (AvgIpc) is 2.69. The number of benzene rings is 2. The molecule has 0 unspecified atom stereocenters. The van der Waals surface area contributed by atoms with Gasteiger partial charge in [-0.2, -0.15) is 13.5 Å². The number of unbranched alkanes of at least 4 members (excludes halogenated alkanes) is 5. The molecule has 0 aliphatic rings. The monoisotopic (exact) mass is 402 g/mol. The van der Waals surface area contributed by atoms with Crippen molar-refractivity contribution in [3.63, 3.8) is 0 Å². The van der Waals surface area contributed by atoms with Crippen molar-refractivity contribution < 1.29 is 13.2 Å². The second-order valence-corrected chi connectivity index (χ2v) is 8.51. The van der Waals surface area contributed by atoms with Crippen LogP contribution >= 0.6 is 0 Å². The molecule has 2 aromatic carbocycles. The Bertz CT molecular complexity index is 829. The molecule has 0 amide bonds. The van der Waals surface area contributed by atoms with E-state index in [0.29, 0.717) is 0 Å². The van der Waals surface area contributed by atoms with Crippen molar-refractivity contribution in [3.05, 3.63) is 59.7 Å². The van der Waals surface area contributed by atoms with Crippen molar-refractivity contribution in [2.45, 2.75) is 57.3 Å². The minimum Gasteiger partial charge on any atom is -0.494 e. The summed E-state index contributed by atoms with van der Waals surface area (Å²) in [5, 5.41) is 3.85. The normalized spacial score (nSPS) is 11.6. The summed E-state index contributed by atoms with van der Waals surface area (Å²) in [5.41, 5.74) is 1.79. The summed E-state index contributed by atoms with van der Waals surface area (Å²) in [6.45, 7) is 4.84. The maximum absolute atomic E-state index is 12.2. The SMILES string of the molecule is CCCCCCCCOc1ccc(/C=N\NS(=O)(=O)c2ccc(C)cc2)cc1. The van der Waals surface area contributed by atoms with Crippen molar-refractivity contribution >= 4 is 16.2 Å². The van der Waals surface area contributed by atoms with Gasteiger partial charge in [0.2, 0.25) is 0 Å². The van der Waals surface area contributed by atoms with E-state index in [4.69, 9.17) is 4.74 Å². The van der Waals surface area contributed by atoms with Crippen LogP contribution in [0.2, 0.25) is 0 Å². The molecule has 0 spiro atoms. The fraction of sp³-hybridized carbons (Fsp3) is 0.409. The van der Waals surface area contributed by atoms with E-state index in [1.807, 2.05) is 31.2 Å². The predicted molar refractivity (Wildman–Crippen MR) is 114 cm³/mol. The summed E-state index contributed by atoms with van der Waals surface area (Å²) < 4.78 is 30.1. The summed E-state index contributed by atoms with van der Waals surface area (Å²) >= 11 is 0. The Morgan fingerprint density at radius 3 is 2.25 bits per heavy atom. The molecule has 5 nitrogen and oxygen atoms in total. The lowest BCUT2D eigenvalue weighted by Gasteiger charge is -2.06. The van der Waals surface area contributed by atoms with Gasteiger partial charge in [-0.25, -0.2) is 4.83 Å². The van der Waals surface area contributed by atoms with Gasteiger partial charge < -0.3 is 4.74 Å². The van der Waals surface area contributed by atoms with Crippen LogP contribution in [0.15, 0.2) is 58.5 Å². The molecular weight excluding hydrogens is 372 g/mol. The third-order valence-electron chi connectivity index (χ3n) is 4.36. The second-order valence-electron chi connectivity index (χ2n) is 6.85. The molecule has 2 aromatic rings. The number of hydrazone groups is 1. The lowest BCUT2D eigenvalue weighted by Crippen LogP contribution is -2.18. The van der Waals surface area contributed by atoms with Crippen molar-refractivity contribution in [2.24, 2.45) is 5.10 Å². The van der Waals surface area contributed by atoms with E-state index in [2.05, 4.69) is 16.9 Å². The molecule has 6 heteroatoms. The molecule has 0 aliphatic carbocycles. The van der Waals surface area contributed by atoms with Crippen molar-refractivity contribution in [3.8, 4) is 5.75 Å². The molecule has 0 radical (unpaired) electrons.